The Bertz CT molecular complexity index is 822. The van der Waals surface area contributed by atoms with Gasteiger partial charge >= 0.3 is 5.97 Å². The van der Waals surface area contributed by atoms with Crippen LogP contribution in [0, 0.1) is 11.2 Å². The van der Waals surface area contributed by atoms with E-state index in [2.05, 4.69) is 5.32 Å². The van der Waals surface area contributed by atoms with E-state index in [-0.39, 0.29) is 10.7 Å². The number of carboxylic acids is 1. The fraction of sp³-hybridized carbons (Fsp3) is 0.0588. The number of nitrogens with one attached hydrogen (secondary N) is 2. The second-order valence-corrected chi connectivity index (χ2v) is 5.71. The topological polar surface area (TPSA) is 73.2 Å². The van der Waals surface area contributed by atoms with Gasteiger partial charge in [0.2, 0.25) is 0 Å². The van der Waals surface area contributed by atoms with E-state index in [1.54, 1.807) is 24.3 Å². The summed E-state index contributed by atoms with van der Waals surface area (Å²) in [6.45, 7) is 0.294. The minimum absolute atomic E-state index is 0.0155. The molecule has 0 unspecified atom stereocenters. The molecule has 4 nitrogen and oxygen atoms in total. The first-order valence-corrected chi connectivity index (χ1v) is 7.59. The van der Waals surface area contributed by atoms with Crippen molar-refractivity contribution in [2.24, 2.45) is 0 Å². The molecule has 0 fully saturated rings. The molecule has 2 rings (SSSR count). The maximum absolute atomic E-state index is 13.1. The molecule has 2 aromatic carbocycles. The first kappa shape index (κ1) is 18.0. The van der Waals surface area contributed by atoms with Gasteiger partial charge in [0.1, 0.15) is 5.82 Å². The van der Waals surface area contributed by atoms with Gasteiger partial charge in [0.15, 0.2) is 0 Å². The molecule has 0 amide bonds. The summed E-state index contributed by atoms with van der Waals surface area (Å²) in [4.78, 5) is 10.6. The van der Waals surface area contributed by atoms with Crippen molar-refractivity contribution < 1.29 is 14.3 Å². The second-order valence-electron chi connectivity index (χ2n) is 4.86. The van der Waals surface area contributed by atoms with E-state index in [1.807, 2.05) is 0 Å². The zero-order valence-electron chi connectivity index (χ0n) is 12.3. The number of hydrogen-bond donors (Lipinski definition) is 3. The second kappa shape index (κ2) is 7.95. The molecule has 2 aromatic rings. The number of benzene rings is 2. The van der Waals surface area contributed by atoms with E-state index in [0.29, 0.717) is 28.4 Å². The molecule has 0 aromatic heterocycles. The number of allylic oxidation sites excluding steroid dienone is 1. The maximum atomic E-state index is 13.1. The number of aliphatic carboxylic acids is 1. The van der Waals surface area contributed by atoms with E-state index in [1.165, 1.54) is 18.2 Å². The van der Waals surface area contributed by atoms with E-state index < -0.39 is 11.8 Å². The van der Waals surface area contributed by atoms with E-state index in [4.69, 9.17) is 33.7 Å². The van der Waals surface area contributed by atoms with Crippen molar-refractivity contribution in [1.82, 2.24) is 0 Å². The van der Waals surface area contributed by atoms with Crippen molar-refractivity contribution in [2.75, 3.05) is 5.32 Å². The molecular weight excluding hydrogens is 354 g/mol. The van der Waals surface area contributed by atoms with Gasteiger partial charge in [-0.1, -0.05) is 29.3 Å². The fourth-order valence-electron chi connectivity index (χ4n) is 2.00. The largest absolute Gasteiger partial charge is 0.478 e. The number of halogens is 3. The van der Waals surface area contributed by atoms with Crippen LogP contribution in [0.15, 0.2) is 48.6 Å². The van der Waals surface area contributed by atoms with Crippen molar-refractivity contribution in [3.05, 3.63) is 75.5 Å². The van der Waals surface area contributed by atoms with Gasteiger partial charge in [-0.25, -0.2) is 9.18 Å². The number of hydrogen-bond acceptors (Lipinski definition) is 3. The lowest BCUT2D eigenvalue weighted by Gasteiger charge is -2.13. The van der Waals surface area contributed by atoms with Crippen molar-refractivity contribution in [2.45, 2.75) is 6.54 Å². The Balaban J connectivity index is 2.24. The molecule has 0 saturated heterocycles. The quantitative estimate of drug-likeness (QED) is 0.509. The maximum Gasteiger partial charge on any atom is 0.328 e. The first-order valence-electron chi connectivity index (χ1n) is 6.84. The average Bonchev–Trinajstić information content (AvgIpc) is 2.52. The smallest absolute Gasteiger partial charge is 0.328 e. The van der Waals surface area contributed by atoms with Gasteiger partial charge in [-0.3, -0.25) is 0 Å². The molecule has 0 spiro atoms. The highest BCUT2D eigenvalue weighted by Crippen LogP contribution is 2.24. The Morgan fingerprint density at radius 3 is 2.62 bits per heavy atom. The standard InChI is InChI=1S/C17H13Cl2FN2O2/c18-11-2-4-13(15(21)5-6-17(23)24)16(7-11)22-9-10-1-3-12(20)8-14(10)19/h1-8,21-22H,9H2,(H,23,24)/b6-5+,21-15?. The predicted octanol–water partition coefficient (Wildman–Crippen LogP) is 4.75. The highest BCUT2D eigenvalue weighted by molar-refractivity contribution is 6.31. The van der Waals surface area contributed by atoms with Crippen LogP contribution in [0.2, 0.25) is 10.0 Å². The number of carboxylic acid groups (broad SMARTS) is 1. The van der Waals surface area contributed by atoms with Crippen LogP contribution in [0.3, 0.4) is 0 Å². The molecule has 3 N–H and O–H groups in total. The minimum atomic E-state index is -1.14. The summed E-state index contributed by atoms with van der Waals surface area (Å²) in [5.74, 6) is -1.56. The van der Waals surface area contributed by atoms with Crippen LogP contribution in [0.4, 0.5) is 10.1 Å². The van der Waals surface area contributed by atoms with Gasteiger partial charge < -0.3 is 15.8 Å². The lowest BCUT2D eigenvalue weighted by molar-refractivity contribution is -0.131. The Labute approximate surface area is 148 Å². The van der Waals surface area contributed by atoms with Crippen molar-refractivity contribution in [1.29, 1.82) is 5.41 Å². The molecule has 0 bridgehead atoms. The van der Waals surface area contributed by atoms with Crippen molar-refractivity contribution >= 4 is 40.6 Å². The molecule has 0 aliphatic rings. The third-order valence-corrected chi connectivity index (χ3v) is 3.74. The van der Waals surface area contributed by atoms with Crippen LogP contribution in [-0.2, 0) is 11.3 Å². The van der Waals surface area contributed by atoms with Gasteiger partial charge in [0, 0.05) is 33.9 Å². The van der Waals surface area contributed by atoms with E-state index in [0.717, 1.165) is 6.08 Å². The molecule has 0 saturated carbocycles. The summed E-state index contributed by atoms with van der Waals surface area (Å²) < 4.78 is 13.1. The highest BCUT2D eigenvalue weighted by atomic mass is 35.5. The van der Waals surface area contributed by atoms with E-state index in [9.17, 15) is 9.18 Å². The van der Waals surface area contributed by atoms with Gasteiger partial charge in [-0.2, -0.15) is 0 Å². The summed E-state index contributed by atoms with van der Waals surface area (Å²) in [6.07, 6.45) is 2.07. The minimum Gasteiger partial charge on any atom is -0.478 e. The summed E-state index contributed by atoms with van der Waals surface area (Å²) in [7, 11) is 0. The van der Waals surface area contributed by atoms with Gasteiger partial charge in [0.25, 0.3) is 0 Å². The molecule has 7 heteroatoms. The number of rotatable bonds is 6. The zero-order valence-corrected chi connectivity index (χ0v) is 13.8. The summed E-state index contributed by atoms with van der Waals surface area (Å²) in [5, 5.41) is 20.5. The SMILES string of the molecule is N=C(/C=C/C(=O)O)c1ccc(Cl)cc1NCc1ccc(F)cc1Cl. The Morgan fingerprint density at radius 2 is 1.96 bits per heavy atom. The van der Waals surface area contributed by atoms with Gasteiger partial charge in [0.05, 0.1) is 5.71 Å². The first-order chi connectivity index (χ1) is 11.4. The summed E-state index contributed by atoms with van der Waals surface area (Å²) >= 11 is 12.0. The molecule has 24 heavy (non-hydrogen) atoms. The number of carbonyl (C=O) groups is 1. The van der Waals surface area contributed by atoms with Crippen molar-refractivity contribution in [3.63, 3.8) is 0 Å². The lowest BCUT2D eigenvalue weighted by Crippen LogP contribution is -2.06. The highest BCUT2D eigenvalue weighted by Gasteiger charge is 2.09. The fourth-order valence-corrected chi connectivity index (χ4v) is 2.40. The van der Waals surface area contributed by atoms with Crippen LogP contribution < -0.4 is 5.32 Å². The van der Waals surface area contributed by atoms with Gasteiger partial charge in [-0.15, -0.1) is 0 Å². The van der Waals surface area contributed by atoms with Crippen LogP contribution in [-0.4, -0.2) is 16.8 Å². The Morgan fingerprint density at radius 1 is 1.21 bits per heavy atom. The normalized spacial score (nSPS) is 10.8. The van der Waals surface area contributed by atoms with Crippen molar-refractivity contribution in [3.8, 4) is 0 Å². The van der Waals surface area contributed by atoms with Crippen LogP contribution in [0.5, 0.6) is 0 Å². The number of anilines is 1. The summed E-state index contributed by atoms with van der Waals surface area (Å²) in [6, 6.07) is 8.93. The van der Waals surface area contributed by atoms with Crippen LogP contribution >= 0.6 is 23.2 Å². The van der Waals surface area contributed by atoms with E-state index >= 15 is 0 Å². The zero-order chi connectivity index (χ0) is 17.7. The Hall–Kier alpha value is -2.37. The molecular formula is C17H13Cl2FN2O2. The molecule has 0 atom stereocenters. The molecule has 0 aliphatic carbocycles. The van der Waals surface area contributed by atoms with Crippen LogP contribution in [0.25, 0.3) is 0 Å². The monoisotopic (exact) mass is 366 g/mol. The Kier molecular flexibility index (Phi) is 5.95. The molecule has 0 aliphatic heterocycles. The lowest BCUT2D eigenvalue weighted by atomic mass is 10.1. The molecule has 0 radical (unpaired) electrons. The van der Waals surface area contributed by atoms with Gasteiger partial charge in [-0.05, 0) is 42.0 Å². The third kappa shape index (κ3) is 4.81. The third-order valence-electron chi connectivity index (χ3n) is 3.15. The molecule has 0 heterocycles. The predicted molar refractivity (Wildman–Crippen MR) is 93.8 cm³/mol. The molecule has 124 valence electrons. The average molecular weight is 367 g/mol. The summed E-state index contributed by atoms with van der Waals surface area (Å²) in [5.41, 5.74) is 1.72. The van der Waals surface area contributed by atoms with Crippen LogP contribution in [0.1, 0.15) is 11.1 Å².